The van der Waals surface area contributed by atoms with E-state index in [1.165, 1.54) is 0 Å². The maximum Gasteiger partial charge on any atom is 0.227 e. The van der Waals surface area contributed by atoms with Gasteiger partial charge in [0.2, 0.25) is 5.24 Å². The van der Waals surface area contributed by atoms with E-state index in [-0.39, 0.29) is 22.5 Å². The summed E-state index contributed by atoms with van der Waals surface area (Å²) >= 11 is 5.68. The molecule has 0 aliphatic heterocycles. The number of hydrogen-bond donors (Lipinski definition) is 0. The fraction of sp³-hybridized carbons (Fsp3) is 0.909. The lowest BCUT2D eigenvalue weighted by molar-refractivity contribution is -0.144. The number of hydrogen-bond acceptors (Lipinski definition) is 1. The predicted octanol–water partition coefficient (Wildman–Crippen LogP) is 2.92. The molecule has 0 N–H and O–H groups in total. The Morgan fingerprint density at radius 3 is 2.29 bits per heavy atom. The number of carbonyl (C=O) groups excluding carboxylic acids is 1. The van der Waals surface area contributed by atoms with Gasteiger partial charge in [0, 0.05) is 5.41 Å². The van der Waals surface area contributed by atoms with Gasteiger partial charge in [-0.05, 0) is 61.5 Å². The monoisotopic (exact) mass is 216 g/mol. The van der Waals surface area contributed by atoms with Crippen molar-refractivity contribution in [2.24, 2.45) is 23.2 Å². The van der Waals surface area contributed by atoms with Crippen LogP contribution in [0, 0.1) is 23.2 Å². The fourth-order valence-corrected chi connectivity index (χ4v) is 4.43. The molecule has 78 valence electrons. The van der Waals surface area contributed by atoms with Crippen LogP contribution in [0.5, 0.6) is 0 Å². The van der Waals surface area contributed by atoms with Gasteiger partial charge in [-0.15, -0.1) is 0 Å². The van der Waals surface area contributed by atoms with Crippen molar-refractivity contribution in [3.8, 4) is 0 Å². The second kappa shape index (κ2) is 2.72. The lowest BCUT2D eigenvalue weighted by Crippen LogP contribution is -2.54. The first-order chi connectivity index (χ1) is 6.61. The Kier molecular flexibility index (Phi) is 1.77. The number of carbonyl (C=O) groups is 1. The van der Waals surface area contributed by atoms with Crippen LogP contribution in [-0.4, -0.2) is 11.4 Å². The molecule has 4 aliphatic rings. The Labute approximate surface area is 88.0 Å². The van der Waals surface area contributed by atoms with E-state index in [1.54, 1.807) is 0 Å². The average Bonchev–Trinajstić information content (AvgIpc) is 2.12. The first-order valence-corrected chi connectivity index (χ1v) is 5.82. The number of rotatable bonds is 1. The molecule has 4 aliphatic carbocycles. The van der Waals surface area contributed by atoms with Gasteiger partial charge in [0.25, 0.3) is 0 Å². The van der Waals surface area contributed by atoms with Gasteiger partial charge in [0.05, 0.1) is 0 Å². The second-order valence-corrected chi connectivity index (χ2v) is 5.81. The second-order valence-electron chi connectivity index (χ2n) is 5.47. The van der Waals surface area contributed by atoms with Crippen molar-refractivity contribution in [3.05, 3.63) is 0 Å². The van der Waals surface area contributed by atoms with Gasteiger partial charge < -0.3 is 0 Å². The molecule has 1 nitrogen and oxygen atoms in total. The van der Waals surface area contributed by atoms with Gasteiger partial charge >= 0.3 is 0 Å². The molecular formula is C11H14ClFO. The maximum absolute atomic E-state index is 13.8. The van der Waals surface area contributed by atoms with E-state index in [9.17, 15) is 9.18 Å². The third-order valence-electron chi connectivity index (χ3n) is 4.58. The van der Waals surface area contributed by atoms with E-state index in [0.29, 0.717) is 18.8 Å². The predicted molar refractivity (Wildman–Crippen MR) is 51.7 cm³/mol. The van der Waals surface area contributed by atoms with Crippen molar-refractivity contribution >= 4 is 16.8 Å². The van der Waals surface area contributed by atoms with Crippen LogP contribution in [0.2, 0.25) is 0 Å². The average molecular weight is 217 g/mol. The largest absolute Gasteiger partial charge is 0.281 e. The Morgan fingerprint density at radius 2 is 1.79 bits per heavy atom. The highest BCUT2D eigenvalue weighted by Gasteiger charge is 2.58. The molecule has 0 radical (unpaired) electrons. The summed E-state index contributed by atoms with van der Waals surface area (Å²) in [6.07, 6.45) is 3.67. The molecule has 0 spiro atoms. The van der Waals surface area contributed by atoms with E-state index in [4.69, 9.17) is 11.6 Å². The molecule has 0 aromatic carbocycles. The minimum absolute atomic E-state index is 0.129. The standard InChI is InChI=1S/C11H14ClFO/c12-10(14)11-3-6-1-7(4-11)9(13)8(2-6)5-11/h6-9H,1-5H2. The molecule has 4 rings (SSSR count). The molecule has 0 amide bonds. The van der Waals surface area contributed by atoms with Crippen LogP contribution < -0.4 is 0 Å². The minimum atomic E-state index is -0.657. The molecule has 0 saturated heterocycles. The van der Waals surface area contributed by atoms with Crippen LogP contribution in [0.4, 0.5) is 4.39 Å². The SMILES string of the molecule is O=C(Cl)C12CC3CC(C1)C(F)C(C3)C2. The van der Waals surface area contributed by atoms with Gasteiger partial charge in [0.1, 0.15) is 6.17 Å². The molecule has 4 saturated carbocycles. The van der Waals surface area contributed by atoms with Crippen LogP contribution in [0.1, 0.15) is 32.1 Å². The van der Waals surface area contributed by atoms with Gasteiger partial charge in [-0.25, -0.2) is 4.39 Å². The van der Waals surface area contributed by atoms with Crippen LogP contribution in [0.25, 0.3) is 0 Å². The quantitative estimate of drug-likeness (QED) is 0.616. The molecule has 2 unspecified atom stereocenters. The smallest absolute Gasteiger partial charge is 0.227 e. The highest BCUT2D eigenvalue weighted by molar-refractivity contribution is 6.64. The molecule has 14 heavy (non-hydrogen) atoms. The highest BCUT2D eigenvalue weighted by atomic mass is 35.5. The van der Waals surface area contributed by atoms with Crippen molar-refractivity contribution in [2.75, 3.05) is 0 Å². The van der Waals surface area contributed by atoms with Gasteiger partial charge in [-0.2, -0.15) is 0 Å². The summed E-state index contributed by atoms with van der Waals surface area (Å²) in [7, 11) is 0. The fourth-order valence-electron chi connectivity index (χ4n) is 4.20. The summed E-state index contributed by atoms with van der Waals surface area (Å²) in [5, 5.41) is -0.205. The Hall–Kier alpha value is -0.110. The van der Waals surface area contributed by atoms with Gasteiger partial charge in [-0.1, -0.05) is 0 Å². The van der Waals surface area contributed by atoms with E-state index in [2.05, 4.69) is 0 Å². The Bertz CT molecular complexity index is 275. The van der Waals surface area contributed by atoms with Gasteiger partial charge in [0.15, 0.2) is 0 Å². The normalized spacial score (nSPS) is 55.0. The van der Waals surface area contributed by atoms with E-state index >= 15 is 0 Å². The van der Waals surface area contributed by atoms with Crippen LogP contribution in [0.3, 0.4) is 0 Å². The lowest BCUT2D eigenvalue weighted by atomic mass is 9.49. The Balaban J connectivity index is 1.96. The molecule has 3 heteroatoms. The molecule has 0 aromatic rings. The zero-order chi connectivity index (χ0) is 9.92. The van der Waals surface area contributed by atoms with Crippen molar-refractivity contribution in [3.63, 3.8) is 0 Å². The first-order valence-electron chi connectivity index (χ1n) is 5.45. The molecular weight excluding hydrogens is 203 g/mol. The van der Waals surface area contributed by atoms with Crippen molar-refractivity contribution in [1.29, 1.82) is 0 Å². The lowest BCUT2D eigenvalue weighted by Gasteiger charge is -2.56. The number of halogens is 2. The van der Waals surface area contributed by atoms with Crippen molar-refractivity contribution in [2.45, 2.75) is 38.3 Å². The molecule has 2 atom stereocenters. The summed E-state index contributed by atoms with van der Waals surface area (Å²) < 4.78 is 13.8. The summed E-state index contributed by atoms with van der Waals surface area (Å²) in [5.74, 6) is 0.829. The van der Waals surface area contributed by atoms with Crippen LogP contribution >= 0.6 is 11.6 Å². The van der Waals surface area contributed by atoms with Crippen molar-refractivity contribution < 1.29 is 9.18 Å². The molecule has 0 heterocycles. The minimum Gasteiger partial charge on any atom is -0.281 e. The first kappa shape index (κ1) is 9.14. The molecule has 4 bridgehead atoms. The third kappa shape index (κ3) is 1.04. The summed E-state index contributed by atoms with van der Waals surface area (Å²) in [6.45, 7) is 0. The van der Waals surface area contributed by atoms with Crippen LogP contribution in [-0.2, 0) is 4.79 Å². The van der Waals surface area contributed by atoms with Crippen LogP contribution in [0.15, 0.2) is 0 Å². The zero-order valence-electron chi connectivity index (χ0n) is 8.01. The topological polar surface area (TPSA) is 17.1 Å². The summed E-state index contributed by atoms with van der Waals surface area (Å²) in [4.78, 5) is 11.4. The van der Waals surface area contributed by atoms with E-state index in [1.807, 2.05) is 0 Å². The zero-order valence-corrected chi connectivity index (χ0v) is 8.77. The highest BCUT2D eigenvalue weighted by Crippen LogP contribution is 2.61. The Morgan fingerprint density at radius 1 is 1.21 bits per heavy atom. The third-order valence-corrected chi connectivity index (χ3v) is 4.98. The van der Waals surface area contributed by atoms with Gasteiger partial charge in [-0.3, -0.25) is 4.79 Å². The number of alkyl halides is 1. The van der Waals surface area contributed by atoms with E-state index in [0.717, 1.165) is 19.3 Å². The molecule has 4 fully saturated rings. The maximum atomic E-state index is 13.8. The molecule has 0 aromatic heterocycles. The summed E-state index contributed by atoms with van der Waals surface area (Å²) in [5.41, 5.74) is -0.333. The summed E-state index contributed by atoms with van der Waals surface area (Å²) in [6, 6.07) is 0. The van der Waals surface area contributed by atoms with E-state index < -0.39 is 6.17 Å². The van der Waals surface area contributed by atoms with Crippen molar-refractivity contribution in [1.82, 2.24) is 0 Å².